The second-order valence-corrected chi connectivity index (χ2v) is 6.87. The molecule has 1 aromatic carbocycles. The van der Waals surface area contributed by atoms with Gasteiger partial charge in [0, 0.05) is 17.8 Å². The Bertz CT molecular complexity index is 806. The van der Waals surface area contributed by atoms with E-state index in [0.29, 0.717) is 18.2 Å². The minimum Gasteiger partial charge on any atom is -0.476 e. The minimum absolute atomic E-state index is 0.103. The molecule has 140 valence electrons. The third-order valence-electron chi connectivity index (χ3n) is 5.04. The Morgan fingerprint density at radius 1 is 1.27 bits per heavy atom. The van der Waals surface area contributed by atoms with E-state index < -0.39 is 17.7 Å². The fourth-order valence-electron chi connectivity index (χ4n) is 3.64. The van der Waals surface area contributed by atoms with Gasteiger partial charge in [-0.3, -0.25) is 0 Å². The Balaban J connectivity index is 2.05. The summed E-state index contributed by atoms with van der Waals surface area (Å²) >= 11 is 0. The standard InChI is InChI=1S/C19H21F3N2O2/c1-12-16(18(25)26)23-17(24(12)11-13-6-3-2-4-7-13)14-8-5-9-15(10-14)19(20,21)22/h5,8-10,13H,2-4,6-7,11H2,1H3,(H,25,26). The molecule has 3 rings (SSSR count). The van der Waals surface area contributed by atoms with Crippen molar-refractivity contribution in [1.82, 2.24) is 9.55 Å². The average Bonchev–Trinajstić information content (AvgIpc) is 2.92. The highest BCUT2D eigenvalue weighted by Gasteiger charge is 2.31. The van der Waals surface area contributed by atoms with Gasteiger partial charge in [-0.1, -0.05) is 31.4 Å². The van der Waals surface area contributed by atoms with Gasteiger partial charge in [0.15, 0.2) is 5.69 Å². The Kier molecular flexibility index (Phi) is 5.07. The van der Waals surface area contributed by atoms with Crippen molar-refractivity contribution in [2.45, 2.75) is 51.7 Å². The normalized spacial score (nSPS) is 16.0. The number of rotatable bonds is 4. The summed E-state index contributed by atoms with van der Waals surface area (Å²) in [4.78, 5) is 15.6. The number of aromatic nitrogens is 2. The molecule has 0 atom stereocenters. The van der Waals surface area contributed by atoms with Crippen LogP contribution in [0.25, 0.3) is 11.4 Å². The zero-order chi connectivity index (χ0) is 18.9. The molecule has 0 bridgehead atoms. The monoisotopic (exact) mass is 366 g/mol. The highest BCUT2D eigenvalue weighted by molar-refractivity contribution is 5.87. The van der Waals surface area contributed by atoms with Crippen LogP contribution in [0.3, 0.4) is 0 Å². The molecule has 0 amide bonds. The van der Waals surface area contributed by atoms with Crippen LogP contribution in [-0.4, -0.2) is 20.6 Å². The first-order valence-corrected chi connectivity index (χ1v) is 8.75. The second-order valence-electron chi connectivity index (χ2n) is 6.87. The lowest BCUT2D eigenvalue weighted by atomic mass is 9.89. The number of aromatic carboxylic acids is 1. The maximum Gasteiger partial charge on any atom is 0.416 e. The molecule has 0 saturated heterocycles. The van der Waals surface area contributed by atoms with Gasteiger partial charge in [0.1, 0.15) is 5.82 Å². The van der Waals surface area contributed by atoms with Crippen LogP contribution in [0.5, 0.6) is 0 Å². The van der Waals surface area contributed by atoms with Crippen LogP contribution < -0.4 is 0 Å². The van der Waals surface area contributed by atoms with Crippen LogP contribution in [0.15, 0.2) is 24.3 Å². The van der Waals surface area contributed by atoms with E-state index in [1.807, 2.05) is 0 Å². The summed E-state index contributed by atoms with van der Waals surface area (Å²) in [6.07, 6.45) is 1.08. The zero-order valence-corrected chi connectivity index (χ0v) is 14.5. The maximum absolute atomic E-state index is 13.0. The van der Waals surface area contributed by atoms with Crippen LogP contribution in [0.2, 0.25) is 0 Å². The van der Waals surface area contributed by atoms with Crippen molar-refractivity contribution in [2.24, 2.45) is 5.92 Å². The molecule has 1 N–H and O–H groups in total. The van der Waals surface area contributed by atoms with E-state index in [2.05, 4.69) is 4.98 Å². The van der Waals surface area contributed by atoms with Gasteiger partial charge in [-0.2, -0.15) is 13.2 Å². The van der Waals surface area contributed by atoms with E-state index in [-0.39, 0.29) is 17.1 Å². The molecule has 2 aromatic rings. The largest absolute Gasteiger partial charge is 0.476 e. The number of hydrogen-bond donors (Lipinski definition) is 1. The number of hydrogen-bond acceptors (Lipinski definition) is 2. The van der Waals surface area contributed by atoms with Crippen LogP contribution in [0, 0.1) is 12.8 Å². The van der Waals surface area contributed by atoms with E-state index in [4.69, 9.17) is 0 Å². The van der Waals surface area contributed by atoms with E-state index in [1.165, 1.54) is 12.5 Å². The fraction of sp³-hybridized carbons (Fsp3) is 0.474. The van der Waals surface area contributed by atoms with Gasteiger partial charge >= 0.3 is 12.1 Å². The highest BCUT2D eigenvalue weighted by atomic mass is 19.4. The van der Waals surface area contributed by atoms with E-state index in [0.717, 1.165) is 37.8 Å². The molecule has 26 heavy (non-hydrogen) atoms. The topological polar surface area (TPSA) is 55.1 Å². The molecule has 4 nitrogen and oxygen atoms in total. The lowest BCUT2D eigenvalue weighted by Gasteiger charge is -2.23. The van der Waals surface area contributed by atoms with Gasteiger partial charge in [-0.05, 0) is 37.8 Å². The van der Waals surface area contributed by atoms with Gasteiger partial charge in [0.25, 0.3) is 0 Å². The molecule has 1 aliphatic rings. The summed E-state index contributed by atoms with van der Waals surface area (Å²) in [6, 6.07) is 4.90. The average molecular weight is 366 g/mol. The summed E-state index contributed by atoms with van der Waals surface area (Å²) in [7, 11) is 0. The summed E-state index contributed by atoms with van der Waals surface area (Å²) in [5, 5.41) is 9.38. The number of imidazole rings is 1. The molecule has 1 heterocycles. The number of halogens is 3. The highest BCUT2D eigenvalue weighted by Crippen LogP contribution is 2.34. The molecule has 0 spiro atoms. The number of benzene rings is 1. The number of carbonyl (C=O) groups is 1. The van der Waals surface area contributed by atoms with Crippen molar-refractivity contribution >= 4 is 5.97 Å². The quantitative estimate of drug-likeness (QED) is 0.814. The Hall–Kier alpha value is -2.31. The molecule has 7 heteroatoms. The van der Waals surface area contributed by atoms with Crippen LogP contribution >= 0.6 is 0 Å². The van der Waals surface area contributed by atoms with Gasteiger partial charge in [0.2, 0.25) is 0 Å². The van der Waals surface area contributed by atoms with Crippen molar-refractivity contribution < 1.29 is 23.1 Å². The van der Waals surface area contributed by atoms with Gasteiger partial charge in [-0.15, -0.1) is 0 Å². The third kappa shape index (κ3) is 3.76. The molecular weight excluding hydrogens is 345 g/mol. The van der Waals surface area contributed by atoms with E-state index >= 15 is 0 Å². The lowest BCUT2D eigenvalue weighted by molar-refractivity contribution is -0.137. The Labute approximate surface area is 149 Å². The predicted molar refractivity (Wildman–Crippen MR) is 90.9 cm³/mol. The van der Waals surface area contributed by atoms with Crippen molar-refractivity contribution in [3.63, 3.8) is 0 Å². The molecule has 0 radical (unpaired) electrons. The Morgan fingerprint density at radius 3 is 2.58 bits per heavy atom. The smallest absolute Gasteiger partial charge is 0.416 e. The van der Waals surface area contributed by atoms with Crippen molar-refractivity contribution in [1.29, 1.82) is 0 Å². The third-order valence-corrected chi connectivity index (χ3v) is 5.04. The number of carboxylic acid groups (broad SMARTS) is 1. The fourth-order valence-corrected chi connectivity index (χ4v) is 3.64. The number of alkyl halides is 3. The minimum atomic E-state index is -4.46. The lowest BCUT2D eigenvalue weighted by Crippen LogP contribution is -2.16. The van der Waals surface area contributed by atoms with Crippen molar-refractivity contribution in [3.05, 3.63) is 41.2 Å². The molecule has 0 aliphatic heterocycles. The zero-order valence-electron chi connectivity index (χ0n) is 14.5. The summed E-state index contributed by atoms with van der Waals surface area (Å²) in [5.41, 5.74) is -0.105. The second kappa shape index (κ2) is 7.13. The summed E-state index contributed by atoms with van der Waals surface area (Å²) in [6.45, 7) is 2.24. The molecule has 1 aliphatic carbocycles. The Morgan fingerprint density at radius 2 is 1.96 bits per heavy atom. The predicted octanol–water partition coefficient (Wildman–Crippen LogP) is 5.16. The van der Waals surface area contributed by atoms with Gasteiger partial charge in [-0.25, -0.2) is 9.78 Å². The molecule has 1 saturated carbocycles. The van der Waals surface area contributed by atoms with Crippen molar-refractivity contribution in [3.8, 4) is 11.4 Å². The van der Waals surface area contributed by atoms with Crippen molar-refractivity contribution in [2.75, 3.05) is 0 Å². The first-order valence-electron chi connectivity index (χ1n) is 8.75. The van der Waals surface area contributed by atoms with Crippen LogP contribution in [0.1, 0.15) is 53.8 Å². The molecular formula is C19H21F3N2O2. The van der Waals surface area contributed by atoms with Crippen LogP contribution in [0.4, 0.5) is 13.2 Å². The van der Waals surface area contributed by atoms with E-state index in [9.17, 15) is 23.1 Å². The van der Waals surface area contributed by atoms with Gasteiger partial charge in [0.05, 0.1) is 5.56 Å². The SMILES string of the molecule is Cc1c(C(=O)O)nc(-c2cccc(C(F)(F)F)c2)n1CC1CCCCC1. The van der Waals surface area contributed by atoms with Gasteiger partial charge < -0.3 is 9.67 Å². The van der Waals surface area contributed by atoms with E-state index in [1.54, 1.807) is 17.6 Å². The first-order chi connectivity index (χ1) is 12.3. The maximum atomic E-state index is 13.0. The first kappa shape index (κ1) is 18.5. The molecule has 1 aromatic heterocycles. The summed E-state index contributed by atoms with van der Waals surface area (Å²) in [5.74, 6) is -0.488. The number of nitrogens with zero attached hydrogens (tertiary/aromatic N) is 2. The number of carboxylic acids is 1. The molecule has 1 fully saturated rings. The summed E-state index contributed by atoms with van der Waals surface area (Å²) < 4.78 is 40.9. The van der Waals surface area contributed by atoms with Crippen LogP contribution in [-0.2, 0) is 12.7 Å². The molecule has 0 unspecified atom stereocenters.